The lowest BCUT2D eigenvalue weighted by atomic mass is 10.2. The van der Waals surface area contributed by atoms with E-state index in [2.05, 4.69) is 10.3 Å². The molecule has 0 saturated heterocycles. The number of amides is 1. The number of oxazole rings is 1. The van der Waals surface area contributed by atoms with Gasteiger partial charge in [0.2, 0.25) is 5.91 Å². The molecule has 0 saturated carbocycles. The Morgan fingerprint density at radius 1 is 0.935 bits per heavy atom. The Morgan fingerprint density at radius 3 is 2.52 bits per heavy atom. The van der Waals surface area contributed by atoms with Crippen LogP contribution in [0.3, 0.4) is 0 Å². The van der Waals surface area contributed by atoms with E-state index in [-0.39, 0.29) is 5.91 Å². The van der Waals surface area contributed by atoms with Crippen LogP contribution in [0.4, 0.5) is 5.69 Å². The molecule has 2 heterocycles. The highest BCUT2D eigenvalue weighted by Gasteiger charge is 2.10. The van der Waals surface area contributed by atoms with Gasteiger partial charge >= 0.3 is 5.76 Å². The highest BCUT2D eigenvalue weighted by atomic mass is 16.4. The molecule has 154 valence electrons. The predicted octanol–water partition coefficient (Wildman–Crippen LogP) is 4.35. The van der Waals surface area contributed by atoms with Gasteiger partial charge in [0, 0.05) is 24.3 Å². The maximum atomic E-state index is 12.3. The first-order valence-electron chi connectivity index (χ1n) is 10.1. The summed E-state index contributed by atoms with van der Waals surface area (Å²) in [6.07, 6.45) is 2.63. The van der Waals surface area contributed by atoms with Crippen molar-refractivity contribution in [2.24, 2.45) is 0 Å². The molecule has 0 fully saturated rings. The van der Waals surface area contributed by atoms with E-state index in [0.29, 0.717) is 25.0 Å². The van der Waals surface area contributed by atoms with Crippen molar-refractivity contribution in [3.8, 4) is 5.69 Å². The van der Waals surface area contributed by atoms with Gasteiger partial charge in [0.15, 0.2) is 5.58 Å². The maximum Gasteiger partial charge on any atom is 0.419 e. The summed E-state index contributed by atoms with van der Waals surface area (Å²) in [5.41, 5.74) is 4.96. The van der Waals surface area contributed by atoms with Crippen LogP contribution in [0.1, 0.15) is 12.8 Å². The Labute approximate surface area is 177 Å². The van der Waals surface area contributed by atoms with E-state index in [0.717, 1.165) is 27.9 Å². The average Bonchev–Trinajstić information content (AvgIpc) is 3.35. The maximum absolute atomic E-state index is 12.3. The second kappa shape index (κ2) is 7.95. The number of anilines is 1. The highest BCUT2D eigenvalue weighted by molar-refractivity contribution is 5.90. The van der Waals surface area contributed by atoms with Crippen molar-refractivity contribution in [3.05, 3.63) is 89.7 Å². The number of imidazole rings is 1. The number of benzene rings is 3. The van der Waals surface area contributed by atoms with Gasteiger partial charge in [-0.2, -0.15) is 0 Å². The van der Waals surface area contributed by atoms with Gasteiger partial charge in [-0.1, -0.05) is 24.3 Å². The van der Waals surface area contributed by atoms with E-state index in [1.807, 2.05) is 71.3 Å². The van der Waals surface area contributed by atoms with E-state index in [4.69, 9.17) is 4.42 Å². The van der Waals surface area contributed by atoms with Crippen molar-refractivity contribution in [2.45, 2.75) is 19.4 Å². The standard InChI is InChI=1S/C24H20N4O3/c29-23(10-5-15-27-21-8-3-4-9-22(21)31-24(27)30)26-17-11-13-18(14-12-17)28-16-25-19-6-1-2-7-20(19)28/h1-4,6-9,11-14,16H,5,10,15H2,(H,26,29). The van der Waals surface area contributed by atoms with Crippen molar-refractivity contribution in [2.75, 3.05) is 5.32 Å². The minimum absolute atomic E-state index is 0.0957. The van der Waals surface area contributed by atoms with Gasteiger partial charge in [-0.25, -0.2) is 9.78 Å². The molecular weight excluding hydrogens is 392 g/mol. The Balaban J connectivity index is 1.21. The number of hydrogen-bond donors (Lipinski definition) is 1. The van der Waals surface area contributed by atoms with Crippen LogP contribution in [0.25, 0.3) is 27.8 Å². The summed E-state index contributed by atoms with van der Waals surface area (Å²) in [4.78, 5) is 28.8. The van der Waals surface area contributed by atoms with Gasteiger partial charge in [0.05, 0.1) is 16.6 Å². The zero-order valence-corrected chi connectivity index (χ0v) is 16.7. The lowest BCUT2D eigenvalue weighted by Crippen LogP contribution is -2.17. The lowest BCUT2D eigenvalue weighted by Gasteiger charge is -2.08. The number of nitrogens with one attached hydrogen (secondary N) is 1. The van der Waals surface area contributed by atoms with Crippen molar-refractivity contribution >= 4 is 33.7 Å². The number of aromatic nitrogens is 3. The summed E-state index contributed by atoms with van der Waals surface area (Å²) in [7, 11) is 0. The summed E-state index contributed by atoms with van der Waals surface area (Å²) < 4.78 is 8.79. The molecule has 0 radical (unpaired) electrons. The molecule has 0 aliphatic rings. The topological polar surface area (TPSA) is 82.1 Å². The Morgan fingerprint density at radius 2 is 1.68 bits per heavy atom. The second-order valence-corrected chi connectivity index (χ2v) is 7.29. The van der Waals surface area contributed by atoms with Gasteiger partial charge in [-0.05, 0) is 55.0 Å². The highest BCUT2D eigenvalue weighted by Crippen LogP contribution is 2.20. The third-order valence-corrected chi connectivity index (χ3v) is 5.24. The summed E-state index contributed by atoms with van der Waals surface area (Å²) >= 11 is 0. The van der Waals surface area contributed by atoms with Gasteiger partial charge in [-0.3, -0.25) is 13.9 Å². The summed E-state index contributed by atoms with van der Waals surface area (Å²) in [6, 6.07) is 22.8. The first kappa shape index (κ1) is 18.9. The number of nitrogens with zero attached hydrogens (tertiary/aromatic N) is 3. The number of carbonyl (C=O) groups is 1. The number of fused-ring (bicyclic) bond motifs is 2. The van der Waals surface area contributed by atoms with Crippen LogP contribution in [0.5, 0.6) is 0 Å². The number of carbonyl (C=O) groups excluding carboxylic acids is 1. The molecule has 2 aromatic heterocycles. The number of aryl methyl sites for hydroxylation is 1. The molecule has 5 rings (SSSR count). The number of rotatable bonds is 6. The molecule has 5 aromatic rings. The smallest absolute Gasteiger partial charge is 0.408 e. The minimum Gasteiger partial charge on any atom is -0.408 e. The molecule has 0 atom stereocenters. The van der Waals surface area contributed by atoms with Crippen molar-refractivity contribution < 1.29 is 9.21 Å². The lowest BCUT2D eigenvalue weighted by molar-refractivity contribution is -0.116. The molecule has 1 N–H and O–H groups in total. The first-order chi connectivity index (χ1) is 15.2. The normalized spacial score (nSPS) is 11.2. The van der Waals surface area contributed by atoms with Crippen LogP contribution in [0.15, 0.2) is 88.3 Å². The average molecular weight is 412 g/mol. The quantitative estimate of drug-likeness (QED) is 0.449. The van der Waals surface area contributed by atoms with E-state index in [9.17, 15) is 9.59 Å². The van der Waals surface area contributed by atoms with E-state index in [1.54, 1.807) is 17.0 Å². The van der Waals surface area contributed by atoms with E-state index < -0.39 is 5.76 Å². The molecule has 0 aliphatic carbocycles. The van der Waals surface area contributed by atoms with Gasteiger partial charge in [0.25, 0.3) is 0 Å². The zero-order valence-electron chi connectivity index (χ0n) is 16.7. The number of para-hydroxylation sites is 4. The molecule has 0 aliphatic heterocycles. The summed E-state index contributed by atoms with van der Waals surface area (Å²) in [5.74, 6) is -0.495. The van der Waals surface area contributed by atoms with E-state index >= 15 is 0 Å². The summed E-state index contributed by atoms with van der Waals surface area (Å²) in [6.45, 7) is 0.426. The fraction of sp³-hybridized carbons (Fsp3) is 0.125. The molecule has 3 aromatic carbocycles. The minimum atomic E-state index is -0.399. The van der Waals surface area contributed by atoms with Crippen LogP contribution in [-0.4, -0.2) is 20.0 Å². The number of hydrogen-bond acceptors (Lipinski definition) is 4. The first-order valence-corrected chi connectivity index (χ1v) is 10.1. The van der Waals surface area contributed by atoms with Gasteiger partial charge < -0.3 is 9.73 Å². The van der Waals surface area contributed by atoms with Crippen molar-refractivity contribution in [1.29, 1.82) is 0 Å². The Kier molecular flexibility index (Phi) is 4.84. The fourth-order valence-corrected chi connectivity index (χ4v) is 3.72. The third kappa shape index (κ3) is 3.73. The Hall–Kier alpha value is -4.13. The van der Waals surface area contributed by atoms with Crippen LogP contribution >= 0.6 is 0 Å². The largest absolute Gasteiger partial charge is 0.419 e. The zero-order chi connectivity index (χ0) is 21.2. The molecule has 0 unspecified atom stereocenters. The summed E-state index contributed by atoms with van der Waals surface area (Å²) in [5, 5.41) is 2.91. The monoisotopic (exact) mass is 412 g/mol. The molecule has 0 bridgehead atoms. The fourth-order valence-electron chi connectivity index (χ4n) is 3.72. The van der Waals surface area contributed by atoms with Crippen LogP contribution < -0.4 is 11.1 Å². The second-order valence-electron chi connectivity index (χ2n) is 7.29. The SMILES string of the molecule is O=C(CCCn1c(=O)oc2ccccc21)Nc1ccc(-n2cnc3ccccc32)cc1. The van der Waals surface area contributed by atoms with Gasteiger partial charge in [-0.15, -0.1) is 0 Å². The molecular formula is C24H20N4O3. The Bertz CT molecular complexity index is 1430. The van der Waals surface area contributed by atoms with Gasteiger partial charge in [0.1, 0.15) is 6.33 Å². The van der Waals surface area contributed by atoms with Crippen LogP contribution in [0.2, 0.25) is 0 Å². The van der Waals surface area contributed by atoms with E-state index in [1.165, 1.54) is 0 Å². The van der Waals surface area contributed by atoms with Crippen molar-refractivity contribution in [1.82, 2.24) is 14.1 Å². The predicted molar refractivity (Wildman–Crippen MR) is 119 cm³/mol. The molecule has 31 heavy (non-hydrogen) atoms. The molecule has 1 amide bonds. The molecule has 0 spiro atoms. The molecule has 7 nitrogen and oxygen atoms in total. The van der Waals surface area contributed by atoms with Crippen LogP contribution in [0, 0.1) is 0 Å². The van der Waals surface area contributed by atoms with Crippen LogP contribution in [-0.2, 0) is 11.3 Å². The molecule has 7 heteroatoms. The third-order valence-electron chi connectivity index (χ3n) is 5.24. The van der Waals surface area contributed by atoms with Crippen molar-refractivity contribution in [3.63, 3.8) is 0 Å².